The molecule has 4 nitrogen and oxygen atoms in total. The van der Waals surface area contributed by atoms with Gasteiger partial charge in [0.2, 0.25) is 0 Å². The van der Waals surface area contributed by atoms with E-state index in [4.69, 9.17) is 0 Å². The van der Waals surface area contributed by atoms with Gasteiger partial charge in [0, 0.05) is 19.3 Å². The van der Waals surface area contributed by atoms with E-state index in [1.54, 1.807) is 12.4 Å². The molecule has 1 aromatic rings. The van der Waals surface area contributed by atoms with E-state index in [2.05, 4.69) is 17.1 Å². The quantitative estimate of drug-likeness (QED) is 0.658. The number of aromatic nitrogens is 2. The molecule has 2 heterocycles. The summed E-state index contributed by atoms with van der Waals surface area (Å²) >= 11 is 0. The molecule has 1 aliphatic heterocycles. The van der Waals surface area contributed by atoms with Gasteiger partial charge >= 0.3 is 0 Å². The number of aromatic amines is 1. The Morgan fingerprint density at radius 1 is 1.75 bits per heavy atom. The molecule has 0 atom stereocenters. The Hall–Kier alpha value is -1.32. The molecule has 0 aromatic carbocycles. The van der Waals surface area contributed by atoms with Crippen LogP contribution in [-0.4, -0.2) is 34.1 Å². The highest BCUT2D eigenvalue weighted by atomic mass is 16.2. The topological polar surface area (TPSA) is 49.0 Å². The minimum absolute atomic E-state index is 0.0850. The number of H-pyrrole nitrogens is 1. The third kappa shape index (κ3) is 1.09. The van der Waals surface area contributed by atoms with Crippen molar-refractivity contribution in [2.45, 2.75) is 6.92 Å². The van der Waals surface area contributed by atoms with Crippen LogP contribution in [0.4, 0.5) is 0 Å². The zero-order valence-electron chi connectivity index (χ0n) is 6.95. The summed E-state index contributed by atoms with van der Waals surface area (Å²) in [5.74, 6) is 0.739. The van der Waals surface area contributed by atoms with Crippen LogP contribution in [0.15, 0.2) is 12.4 Å². The molecule has 0 radical (unpaired) electrons. The lowest BCUT2D eigenvalue weighted by Crippen LogP contribution is -2.48. The van der Waals surface area contributed by atoms with E-state index in [0.29, 0.717) is 11.5 Å². The van der Waals surface area contributed by atoms with E-state index < -0.39 is 0 Å². The number of hydrogen-bond donors (Lipinski definition) is 1. The number of nitrogens with zero attached hydrogens (tertiary/aromatic N) is 2. The second-order valence-electron chi connectivity index (χ2n) is 3.30. The van der Waals surface area contributed by atoms with Gasteiger partial charge in [0.05, 0.1) is 11.8 Å². The maximum Gasteiger partial charge on any atom is 0.257 e. The van der Waals surface area contributed by atoms with Crippen molar-refractivity contribution in [1.29, 1.82) is 0 Å². The van der Waals surface area contributed by atoms with Crippen LogP contribution in [0.2, 0.25) is 0 Å². The van der Waals surface area contributed by atoms with Crippen LogP contribution in [0, 0.1) is 5.92 Å². The van der Waals surface area contributed by atoms with E-state index in [1.165, 1.54) is 0 Å². The standard InChI is InChI=1S/C8H11N3O/c1-6-4-11(5-6)8(12)7-2-9-10-3-7/h2-3,6H,4-5H2,1H3,(H,9,10). The Morgan fingerprint density at radius 3 is 3.00 bits per heavy atom. The van der Waals surface area contributed by atoms with Gasteiger partial charge in [0.25, 0.3) is 5.91 Å². The van der Waals surface area contributed by atoms with E-state index >= 15 is 0 Å². The molecule has 1 aromatic heterocycles. The van der Waals surface area contributed by atoms with Crippen LogP contribution in [0.5, 0.6) is 0 Å². The first-order chi connectivity index (χ1) is 5.77. The first kappa shape index (κ1) is 7.34. The van der Waals surface area contributed by atoms with E-state index in [1.807, 2.05) is 4.90 Å². The van der Waals surface area contributed by atoms with Crippen molar-refractivity contribution in [3.8, 4) is 0 Å². The summed E-state index contributed by atoms with van der Waals surface area (Å²) in [6, 6.07) is 0. The summed E-state index contributed by atoms with van der Waals surface area (Å²) in [6.07, 6.45) is 3.19. The number of nitrogens with one attached hydrogen (secondary N) is 1. The fourth-order valence-corrected chi connectivity index (χ4v) is 1.42. The molecular formula is C8H11N3O. The molecule has 64 valence electrons. The highest BCUT2D eigenvalue weighted by Crippen LogP contribution is 2.16. The number of carbonyl (C=O) groups is 1. The van der Waals surface area contributed by atoms with Gasteiger partial charge < -0.3 is 4.90 Å². The van der Waals surface area contributed by atoms with Crippen LogP contribution < -0.4 is 0 Å². The minimum atomic E-state index is 0.0850. The van der Waals surface area contributed by atoms with Crippen molar-refractivity contribution in [1.82, 2.24) is 15.1 Å². The highest BCUT2D eigenvalue weighted by molar-refractivity contribution is 5.94. The van der Waals surface area contributed by atoms with Crippen LogP contribution in [0.25, 0.3) is 0 Å². The summed E-state index contributed by atoms with van der Waals surface area (Å²) in [5.41, 5.74) is 0.655. The lowest BCUT2D eigenvalue weighted by Gasteiger charge is -2.36. The summed E-state index contributed by atoms with van der Waals surface area (Å²) < 4.78 is 0. The lowest BCUT2D eigenvalue weighted by molar-refractivity contribution is 0.0530. The first-order valence-electron chi connectivity index (χ1n) is 4.05. The monoisotopic (exact) mass is 165 g/mol. The van der Waals surface area contributed by atoms with Crippen molar-refractivity contribution in [2.75, 3.05) is 13.1 Å². The normalized spacial score (nSPS) is 17.6. The molecule has 0 aliphatic carbocycles. The van der Waals surface area contributed by atoms with Crippen molar-refractivity contribution >= 4 is 5.91 Å². The molecule has 0 spiro atoms. The number of rotatable bonds is 1. The fourth-order valence-electron chi connectivity index (χ4n) is 1.42. The Labute approximate surface area is 70.6 Å². The number of amides is 1. The second kappa shape index (κ2) is 2.62. The molecule has 1 aliphatic rings. The summed E-state index contributed by atoms with van der Waals surface area (Å²) in [4.78, 5) is 13.3. The van der Waals surface area contributed by atoms with Gasteiger partial charge in [-0.2, -0.15) is 5.10 Å². The molecule has 2 rings (SSSR count). The number of hydrogen-bond acceptors (Lipinski definition) is 2. The Bertz CT molecular complexity index is 275. The maximum absolute atomic E-state index is 11.5. The van der Waals surface area contributed by atoms with Gasteiger partial charge in [-0.25, -0.2) is 0 Å². The molecule has 1 fully saturated rings. The van der Waals surface area contributed by atoms with Crippen molar-refractivity contribution in [2.24, 2.45) is 5.92 Å². The average molecular weight is 165 g/mol. The summed E-state index contributed by atoms with van der Waals surface area (Å²) in [6.45, 7) is 3.90. The molecule has 1 N–H and O–H groups in total. The SMILES string of the molecule is CC1CN(C(=O)c2cn[nH]c2)C1. The van der Waals surface area contributed by atoms with E-state index in [-0.39, 0.29) is 5.91 Å². The van der Waals surface area contributed by atoms with Gasteiger partial charge in [0.1, 0.15) is 0 Å². The van der Waals surface area contributed by atoms with Gasteiger partial charge in [-0.05, 0) is 5.92 Å². The number of likely N-dealkylation sites (tertiary alicyclic amines) is 1. The van der Waals surface area contributed by atoms with E-state index in [0.717, 1.165) is 13.1 Å². The van der Waals surface area contributed by atoms with E-state index in [9.17, 15) is 4.79 Å². The zero-order valence-corrected chi connectivity index (χ0v) is 6.95. The first-order valence-corrected chi connectivity index (χ1v) is 4.05. The Kier molecular flexibility index (Phi) is 1.60. The Balaban J connectivity index is 2.03. The van der Waals surface area contributed by atoms with Gasteiger partial charge in [0.15, 0.2) is 0 Å². The smallest absolute Gasteiger partial charge is 0.257 e. The van der Waals surface area contributed by atoms with Crippen molar-refractivity contribution < 1.29 is 4.79 Å². The van der Waals surface area contributed by atoms with Gasteiger partial charge in [-0.15, -0.1) is 0 Å². The van der Waals surface area contributed by atoms with Crippen molar-refractivity contribution in [3.63, 3.8) is 0 Å². The molecule has 0 saturated carbocycles. The molecular weight excluding hydrogens is 154 g/mol. The van der Waals surface area contributed by atoms with Gasteiger partial charge in [-0.3, -0.25) is 9.89 Å². The van der Waals surface area contributed by atoms with Crippen LogP contribution in [0.3, 0.4) is 0 Å². The summed E-state index contributed by atoms with van der Waals surface area (Å²) in [7, 11) is 0. The Morgan fingerprint density at radius 2 is 2.50 bits per heavy atom. The molecule has 1 saturated heterocycles. The molecule has 0 unspecified atom stereocenters. The minimum Gasteiger partial charge on any atom is -0.338 e. The average Bonchev–Trinajstić information content (AvgIpc) is 2.49. The third-order valence-corrected chi connectivity index (χ3v) is 2.10. The highest BCUT2D eigenvalue weighted by Gasteiger charge is 2.27. The number of carbonyl (C=O) groups excluding carboxylic acids is 1. The second-order valence-corrected chi connectivity index (χ2v) is 3.30. The maximum atomic E-state index is 11.5. The molecule has 12 heavy (non-hydrogen) atoms. The lowest BCUT2D eigenvalue weighted by atomic mass is 10.0. The van der Waals surface area contributed by atoms with Gasteiger partial charge in [-0.1, -0.05) is 6.92 Å². The molecule has 0 bridgehead atoms. The van der Waals surface area contributed by atoms with Crippen LogP contribution >= 0.6 is 0 Å². The molecule has 4 heteroatoms. The van der Waals surface area contributed by atoms with Crippen molar-refractivity contribution in [3.05, 3.63) is 18.0 Å². The molecule has 1 amide bonds. The zero-order chi connectivity index (χ0) is 8.55. The van der Waals surface area contributed by atoms with Crippen LogP contribution in [0.1, 0.15) is 17.3 Å². The van der Waals surface area contributed by atoms with Crippen LogP contribution in [-0.2, 0) is 0 Å². The fraction of sp³-hybridized carbons (Fsp3) is 0.500. The predicted molar refractivity (Wildman–Crippen MR) is 43.7 cm³/mol. The largest absolute Gasteiger partial charge is 0.338 e. The summed E-state index contributed by atoms with van der Waals surface area (Å²) in [5, 5.41) is 6.36. The third-order valence-electron chi connectivity index (χ3n) is 2.10. The predicted octanol–water partition coefficient (Wildman–Crippen LogP) is 0.502.